The summed E-state index contributed by atoms with van der Waals surface area (Å²) in [5.41, 5.74) is 2.12. The molecule has 1 heterocycles. The summed E-state index contributed by atoms with van der Waals surface area (Å²) >= 11 is 0. The third-order valence-corrected chi connectivity index (χ3v) is 5.31. The lowest BCUT2D eigenvalue weighted by molar-refractivity contribution is -0.0343. The zero-order valence-corrected chi connectivity index (χ0v) is 17.3. The number of unbranched alkanes of at least 4 members (excludes halogenated alkanes) is 1. The number of nitrogens with one attached hydrogen (secondary N) is 2. The summed E-state index contributed by atoms with van der Waals surface area (Å²) in [6, 6.07) is 12.8. The number of hydrogen-bond acceptors (Lipinski definition) is 4. The maximum absolute atomic E-state index is 14.8. The number of carbonyl (C=O) groups excluding carboxylic acids is 1. The molecule has 0 unspecified atom stereocenters. The summed E-state index contributed by atoms with van der Waals surface area (Å²) in [6.07, 6.45) is 0.353. The molecule has 2 atom stereocenters. The Morgan fingerprint density at radius 2 is 2.00 bits per heavy atom. The molecule has 0 fully saturated rings. The van der Waals surface area contributed by atoms with E-state index in [1.807, 2.05) is 37.3 Å². The average molecular weight is 418 g/mol. The van der Waals surface area contributed by atoms with Crippen molar-refractivity contribution in [3.05, 3.63) is 59.7 Å². The zero-order chi connectivity index (χ0) is 21.6. The molecular weight excluding hydrogens is 390 g/mol. The third-order valence-electron chi connectivity index (χ3n) is 5.31. The summed E-state index contributed by atoms with van der Waals surface area (Å²) in [6.45, 7) is 2.00. The van der Waals surface area contributed by atoms with Gasteiger partial charge in [0, 0.05) is 17.7 Å². The number of rotatable bonds is 8. The number of anilines is 1. The topological polar surface area (TPSA) is 59.6 Å². The Balaban J connectivity index is 1.75. The molecule has 1 aliphatic rings. The molecule has 2 aromatic rings. The number of benzene rings is 2. The van der Waals surface area contributed by atoms with E-state index < -0.39 is 24.1 Å². The van der Waals surface area contributed by atoms with Crippen LogP contribution in [0.15, 0.2) is 48.5 Å². The molecule has 0 radical (unpaired) electrons. The van der Waals surface area contributed by atoms with E-state index in [0.29, 0.717) is 29.8 Å². The quantitative estimate of drug-likeness (QED) is 0.580. The fourth-order valence-corrected chi connectivity index (χ4v) is 3.61. The summed E-state index contributed by atoms with van der Waals surface area (Å²) in [5, 5.41) is 5.73. The second kappa shape index (κ2) is 9.78. The number of methoxy groups -OCH3 is 1. The lowest BCUT2D eigenvalue weighted by Gasteiger charge is -2.37. The minimum Gasteiger partial charge on any atom is -0.497 e. The monoisotopic (exact) mass is 418 g/mol. The van der Waals surface area contributed by atoms with E-state index in [1.165, 1.54) is 7.11 Å². The number of fused-ring (bicyclic) bond motifs is 1. The summed E-state index contributed by atoms with van der Waals surface area (Å²) in [4.78, 5) is 12.4. The van der Waals surface area contributed by atoms with Crippen LogP contribution in [-0.4, -0.2) is 25.2 Å². The van der Waals surface area contributed by atoms with Gasteiger partial charge in [0.2, 0.25) is 0 Å². The maximum atomic E-state index is 14.8. The van der Waals surface area contributed by atoms with Crippen molar-refractivity contribution in [1.82, 2.24) is 5.32 Å². The first-order chi connectivity index (χ1) is 14.4. The Morgan fingerprint density at radius 1 is 1.23 bits per heavy atom. The maximum Gasteiger partial charge on any atom is 0.407 e. The molecule has 3 rings (SSSR count). The van der Waals surface area contributed by atoms with Crippen molar-refractivity contribution in [2.45, 2.75) is 57.2 Å². The van der Waals surface area contributed by atoms with Crippen LogP contribution in [0, 0.1) is 0 Å². The molecule has 0 aromatic heterocycles. The van der Waals surface area contributed by atoms with E-state index in [9.17, 15) is 13.6 Å². The standard InChI is InChI=1S/C23H28F2N2O3/c1-3-4-12-23(24,25)21-14-20(18-13-17(29-2)10-11-19(18)26-21)27-22(28)30-15-16-8-6-5-7-9-16/h5-11,13,20-21,26H,3-4,12,14-15H2,1-2H3,(H,27,28)/t20-,21-/m0/s1. The van der Waals surface area contributed by atoms with E-state index in [0.717, 1.165) is 5.56 Å². The predicted octanol–water partition coefficient (Wildman–Crippen LogP) is 5.67. The Morgan fingerprint density at radius 3 is 2.70 bits per heavy atom. The molecular formula is C23H28F2N2O3. The van der Waals surface area contributed by atoms with E-state index in [2.05, 4.69) is 10.6 Å². The van der Waals surface area contributed by atoms with Gasteiger partial charge in [-0.1, -0.05) is 43.7 Å². The van der Waals surface area contributed by atoms with Crippen molar-refractivity contribution >= 4 is 11.8 Å². The minimum atomic E-state index is -2.89. The molecule has 5 nitrogen and oxygen atoms in total. The van der Waals surface area contributed by atoms with Crippen molar-refractivity contribution < 1.29 is 23.0 Å². The highest BCUT2D eigenvalue weighted by Gasteiger charge is 2.43. The van der Waals surface area contributed by atoms with Gasteiger partial charge in [0.25, 0.3) is 5.92 Å². The van der Waals surface area contributed by atoms with Crippen molar-refractivity contribution in [1.29, 1.82) is 0 Å². The van der Waals surface area contributed by atoms with Gasteiger partial charge in [-0.05, 0) is 36.6 Å². The van der Waals surface area contributed by atoms with Crippen LogP contribution in [0.1, 0.15) is 49.8 Å². The molecule has 0 saturated carbocycles. The first-order valence-corrected chi connectivity index (χ1v) is 10.2. The van der Waals surface area contributed by atoms with Gasteiger partial charge in [0.05, 0.1) is 19.2 Å². The number of carbonyl (C=O) groups is 1. The van der Waals surface area contributed by atoms with Crippen molar-refractivity contribution in [3.8, 4) is 5.75 Å². The van der Waals surface area contributed by atoms with Crippen LogP contribution in [0.5, 0.6) is 5.75 Å². The largest absolute Gasteiger partial charge is 0.497 e. The van der Waals surface area contributed by atoms with Gasteiger partial charge in [0.1, 0.15) is 12.4 Å². The van der Waals surface area contributed by atoms with E-state index >= 15 is 0 Å². The molecule has 1 amide bonds. The second-order valence-corrected chi connectivity index (χ2v) is 7.51. The van der Waals surface area contributed by atoms with Crippen LogP contribution < -0.4 is 15.4 Å². The summed E-state index contributed by atoms with van der Waals surface area (Å²) in [5.74, 6) is -2.29. The van der Waals surface area contributed by atoms with Crippen molar-refractivity contribution in [2.75, 3.05) is 12.4 Å². The number of halogens is 2. The number of amides is 1. The Hall–Kier alpha value is -2.83. The first-order valence-electron chi connectivity index (χ1n) is 10.2. The number of alkyl halides is 2. The Bertz CT molecular complexity index is 846. The predicted molar refractivity (Wildman–Crippen MR) is 112 cm³/mol. The highest BCUT2D eigenvalue weighted by Crippen LogP contribution is 2.41. The van der Waals surface area contributed by atoms with Crippen LogP contribution in [0.3, 0.4) is 0 Å². The van der Waals surface area contributed by atoms with Gasteiger partial charge in [-0.3, -0.25) is 0 Å². The van der Waals surface area contributed by atoms with Gasteiger partial charge in [0.15, 0.2) is 0 Å². The molecule has 0 aliphatic carbocycles. The van der Waals surface area contributed by atoms with E-state index in [1.54, 1.807) is 18.2 Å². The van der Waals surface area contributed by atoms with Crippen LogP contribution in [0.2, 0.25) is 0 Å². The molecule has 0 saturated heterocycles. The highest BCUT2D eigenvalue weighted by atomic mass is 19.3. The number of alkyl carbamates (subject to hydrolysis) is 1. The Kier molecular flexibility index (Phi) is 7.13. The number of ether oxygens (including phenoxy) is 2. The summed E-state index contributed by atoms with van der Waals surface area (Å²) < 4.78 is 40.1. The van der Waals surface area contributed by atoms with E-state index in [4.69, 9.17) is 9.47 Å². The number of hydrogen-bond donors (Lipinski definition) is 2. The third kappa shape index (κ3) is 5.40. The van der Waals surface area contributed by atoms with Gasteiger partial charge in [-0.2, -0.15) is 0 Å². The minimum absolute atomic E-state index is 0.0529. The fraction of sp³-hybridized carbons (Fsp3) is 0.435. The lowest BCUT2D eigenvalue weighted by atomic mass is 9.88. The van der Waals surface area contributed by atoms with Crippen molar-refractivity contribution in [2.24, 2.45) is 0 Å². The van der Waals surface area contributed by atoms with E-state index in [-0.39, 0.29) is 19.4 Å². The smallest absolute Gasteiger partial charge is 0.407 e. The molecule has 30 heavy (non-hydrogen) atoms. The van der Waals surface area contributed by atoms with Crippen LogP contribution in [-0.2, 0) is 11.3 Å². The lowest BCUT2D eigenvalue weighted by Crippen LogP contribution is -2.46. The summed E-state index contributed by atoms with van der Waals surface area (Å²) in [7, 11) is 1.54. The normalized spacial score (nSPS) is 18.1. The fourth-order valence-electron chi connectivity index (χ4n) is 3.61. The SMILES string of the molecule is CCCCC(F)(F)[C@@H]1C[C@H](NC(=O)OCc2ccccc2)c2cc(OC)ccc2N1. The van der Waals surface area contributed by atoms with Crippen molar-refractivity contribution in [3.63, 3.8) is 0 Å². The molecule has 0 spiro atoms. The van der Waals surface area contributed by atoms with Crippen LogP contribution >= 0.6 is 0 Å². The van der Waals surface area contributed by atoms with Gasteiger partial charge in [-0.25, -0.2) is 13.6 Å². The molecule has 2 N–H and O–H groups in total. The second-order valence-electron chi connectivity index (χ2n) is 7.51. The average Bonchev–Trinajstić information content (AvgIpc) is 2.76. The van der Waals surface area contributed by atoms with Gasteiger partial charge < -0.3 is 20.1 Å². The van der Waals surface area contributed by atoms with Crippen LogP contribution in [0.25, 0.3) is 0 Å². The molecule has 7 heteroatoms. The van der Waals surface area contributed by atoms with Crippen LogP contribution in [0.4, 0.5) is 19.3 Å². The van der Waals surface area contributed by atoms with Gasteiger partial charge in [-0.15, -0.1) is 0 Å². The Labute approximate surface area is 175 Å². The molecule has 2 aromatic carbocycles. The molecule has 0 bridgehead atoms. The zero-order valence-electron chi connectivity index (χ0n) is 17.3. The first kappa shape index (κ1) is 21.9. The molecule has 1 aliphatic heterocycles. The van der Waals surface area contributed by atoms with Gasteiger partial charge >= 0.3 is 6.09 Å². The molecule has 162 valence electrons. The highest BCUT2D eigenvalue weighted by molar-refractivity contribution is 5.69.